The first kappa shape index (κ1) is 11.3. The Morgan fingerprint density at radius 3 is 2.81 bits per heavy atom. The van der Waals surface area contributed by atoms with Crippen LogP contribution >= 0.6 is 0 Å². The normalized spacial score (nSPS) is 13.9. The molecule has 3 heteroatoms. The third kappa shape index (κ3) is 2.14. The average Bonchev–Trinajstić information content (AvgIpc) is 2.35. The zero-order valence-corrected chi connectivity index (χ0v) is 10.0. The van der Waals surface area contributed by atoms with Crippen LogP contribution in [0.4, 0.5) is 0 Å². The number of fused-ring (bicyclic) bond motifs is 1. The Balaban J connectivity index is 2.31. The summed E-state index contributed by atoms with van der Waals surface area (Å²) >= 11 is 0. The van der Waals surface area contributed by atoms with Gasteiger partial charge in [0.1, 0.15) is 13.2 Å². The van der Waals surface area contributed by atoms with Crippen molar-refractivity contribution in [3.05, 3.63) is 23.3 Å². The second-order valence-electron chi connectivity index (χ2n) is 3.93. The maximum Gasteiger partial charge on any atom is 0.164 e. The summed E-state index contributed by atoms with van der Waals surface area (Å²) in [6, 6.07) is 4.18. The summed E-state index contributed by atoms with van der Waals surface area (Å²) in [5.74, 6) is 1.86. The summed E-state index contributed by atoms with van der Waals surface area (Å²) in [6.45, 7) is 4.48. The molecule has 88 valence electrons. The van der Waals surface area contributed by atoms with E-state index in [0.717, 1.165) is 30.9 Å². The lowest BCUT2D eigenvalue weighted by Gasteiger charge is -2.22. The predicted octanol–water partition coefficient (Wildman–Crippen LogP) is 1.78. The zero-order chi connectivity index (χ0) is 11.4. The molecule has 0 amide bonds. The summed E-state index contributed by atoms with van der Waals surface area (Å²) < 4.78 is 11.3. The van der Waals surface area contributed by atoms with Crippen LogP contribution in [0.1, 0.15) is 18.1 Å². The van der Waals surface area contributed by atoms with Gasteiger partial charge < -0.3 is 14.8 Å². The highest BCUT2D eigenvalue weighted by Gasteiger charge is 2.17. The molecule has 1 N–H and O–H groups in total. The van der Waals surface area contributed by atoms with Crippen molar-refractivity contribution in [2.45, 2.75) is 19.8 Å². The Morgan fingerprint density at radius 1 is 1.25 bits per heavy atom. The van der Waals surface area contributed by atoms with Crippen LogP contribution in [0.25, 0.3) is 0 Å². The first-order valence-corrected chi connectivity index (χ1v) is 5.91. The molecule has 0 radical (unpaired) electrons. The van der Waals surface area contributed by atoms with Gasteiger partial charge in [0.25, 0.3) is 0 Å². The lowest BCUT2D eigenvalue weighted by molar-refractivity contribution is 0.170. The molecule has 0 unspecified atom stereocenters. The molecule has 16 heavy (non-hydrogen) atoms. The summed E-state index contributed by atoms with van der Waals surface area (Å²) in [7, 11) is 1.98. The molecule has 1 aromatic carbocycles. The van der Waals surface area contributed by atoms with Crippen molar-refractivity contribution in [3.8, 4) is 11.5 Å². The van der Waals surface area contributed by atoms with Gasteiger partial charge in [-0.2, -0.15) is 0 Å². The van der Waals surface area contributed by atoms with E-state index in [0.29, 0.717) is 13.2 Å². The topological polar surface area (TPSA) is 30.5 Å². The van der Waals surface area contributed by atoms with E-state index in [4.69, 9.17) is 9.47 Å². The number of rotatable bonds is 4. The van der Waals surface area contributed by atoms with Crippen LogP contribution in [0.3, 0.4) is 0 Å². The molecule has 0 atom stereocenters. The first-order chi connectivity index (χ1) is 7.86. The highest BCUT2D eigenvalue weighted by Crippen LogP contribution is 2.36. The number of benzene rings is 1. The Morgan fingerprint density at radius 2 is 2.06 bits per heavy atom. The molecule has 0 fully saturated rings. The molecule has 1 aliphatic rings. The molecule has 0 aliphatic carbocycles. The van der Waals surface area contributed by atoms with E-state index in [1.54, 1.807) is 0 Å². The van der Waals surface area contributed by atoms with Gasteiger partial charge in [-0.1, -0.05) is 13.0 Å². The third-order valence-corrected chi connectivity index (χ3v) is 2.91. The fourth-order valence-corrected chi connectivity index (χ4v) is 2.10. The fourth-order valence-electron chi connectivity index (χ4n) is 2.10. The molecule has 0 bridgehead atoms. The number of hydrogen-bond donors (Lipinski definition) is 1. The van der Waals surface area contributed by atoms with Crippen molar-refractivity contribution in [2.24, 2.45) is 0 Å². The van der Waals surface area contributed by atoms with E-state index in [1.807, 2.05) is 13.1 Å². The van der Waals surface area contributed by atoms with E-state index in [2.05, 4.69) is 18.3 Å². The molecule has 1 aliphatic heterocycles. The van der Waals surface area contributed by atoms with Gasteiger partial charge >= 0.3 is 0 Å². The average molecular weight is 221 g/mol. The molecule has 0 aromatic heterocycles. The van der Waals surface area contributed by atoms with Gasteiger partial charge in [-0.05, 0) is 38.1 Å². The number of ether oxygens (including phenoxy) is 2. The fraction of sp³-hybridized carbons (Fsp3) is 0.538. The van der Waals surface area contributed by atoms with Gasteiger partial charge in [-0.15, -0.1) is 0 Å². The smallest absolute Gasteiger partial charge is 0.164 e. The van der Waals surface area contributed by atoms with Gasteiger partial charge in [0.15, 0.2) is 11.5 Å². The Hall–Kier alpha value is -1.22. The molecule has 0 spiro atoms. The first-order valence-electron chi connectivity index (χ1n) is 5.91. The molecule has 1 heterocycles. The van der Waals surface area contributed by atoms with E-state index in [-0.39, 0.29) is 0 Å². The number of likely N-dealkylation sites (N-methyl/N-ethyl adjacent to an activating group) is 1. The lowest BCUT2D eigenvalue weighted by Crippen LogP contribution is -2.18. The second-order valence-corrected chi connectivity index (χ2v) is 3.93. The Bertz CT molecular complexity index is 363. The van der Waals surface area contributed by atoms with E-state index in [9.17, 15) is 0 Å². The maximum absolute atomic E-state index is 5.72. The summed E-state index contributed by atoms with van der Waals surface area (Å²) in [5, 5.41) is 3.18. The van der Waals surface area contributed by atoms with Gasteiger partial charge in [0.05, 0.1) is 0 Å². The zero-order valence-electron chi connectivity index (χ0n) is 10.0. The lowest BCUT2D eigenvalue weighted by atomic mass is 10.0. The molecule has 0 saturated carbocycles. The third-order valence-electron chi connectivity index (χ3n) is 2.91. The molecule has 3 nitrogen and oxygen atoms in total. The number of nitrogens with one attached hydrogen (secondary N) is 1. The largest absolute Gasteiger partial charge is 0.486 e. The van der Waals surface area contributed by atoms with Crippen molar-refractivity contribution in [3.63, 3.8) is 0 Å². The van der Waals surface area contributed by atoms with E-state index in [1.165, 1.54) is 11.1 Å². The molecular formula is C13H19NO2. The monoisotopic (exact) mass is 221 g/mol. The highest BCUT2D eigenvalue weighted by atomic mass is 16.6. The Kier molecular flexibility index (Phi) is 3.67. The second kappa shape index (κ2) is 5.21. The predicted molar refractivity (Wildman–Crippen MR) is 64.4 cm³/mol. The van der Waals surface area contributed by atoms with Crippen LogP contribution in [0.5, 0.6) is 11.5 Å². The molecule has 1 aromatic rings. The van der Waals surface area contributed by atoms with Gasteiger partial charge in [-0.3, -0.25) is 0 Å². The van der Waals surface area contributed by atoms with Crippen molar-refractivity contribution >= 4 is 0 Å². The van der Waals surface area contributed by atoms with Crippen molar-refractivity contribution < 1.29 is 9.47 Å². The van der Waals surface area contributed by atoms with Crippen LogP contribution in [-0.2, 0) is 12.8 Å². The maximum atomic E-state index is 5.72. The van der Waals surface area contributed by atoms with Crippen molar-refractivity contribution in [1.82, 2.24) is 5.32 Å². The van der Waals surface area contributed by atoms with Crippen LogP contribution in [0.2, 0.25) is 0 Å². The molecular weight excluding hydrogens is 202 g/mol. The minimum absolute atomic E-state index is 0.659. The molecule has 0 saturated heterocycles. The van der Waals surface area contributed by atoms with Crippen molar-refractivity contribution in [1.29, 1.82) is 0 Å². The van der Waals surface area contributed by atoms with Crippen LogP contribution < -0.4 is 14.8 Å². The summed E-state index contributed by atoms with van der Waals surface area (Å²) in [5.41, 5.74) is 2.66. The van der Waals surface area contributed by atoms with Crippen LogP contribution in [0, 0.1) is 0 Å². The minimum Gasteiger partial charge on any atom is -0.486 e. The quantitative estimate of drug-likeness (QED) is 0.840. The van der Waals surface area contributed by atoms with Gasteiger partial charge in [0, 0.05) is 5.56 Å². The van der Waals surface area contributed by atoms with E-state index >= 15 is 0 Å². The standard InChI is InChI=1S/C13H19NO2/c1-3-11-10(6-7-14-2)4-5-12-13(11)16-9-8-15-12/h4-5,14H,3,6-9H2,1-2H3. The van der Waals surface area contributed by atoms with Crippen molar-refractivity contribution in [2.75, 3.05) is 26.8 Å². The van der Waals surface area contributed by atoms with Crippen LogP contribution in [-0.4, -0.2) is 26.8 Å². The Labute approximate surface area is 96.8 Å². The van der Waals surface area contributed by atoms with Gasteiger partial charge in [0.2, 0.25) is 0 Å². The summed E-state index contributed by atoms with van der Waals surface area (Å²) in [4.78, 5) is 0. The number of hydrogen-bond acceptors (Lipinski definition) is 3. The van der Waals surface area contributed by atoms with E-state index < -0.39 is 0 Å². The SMILES string of the molecule is CCc1c(CCNC)ccc2c1OCCO2. The molecule has 2 rings (SSSR count). The van der Waals surface area contributed by atoms with Crippen LogP contribution in [0.15, 0.2) is 12.1 Å². The highest BCUT2D eigenvalue weighted by molar-refractivity contribution is 5.51. The minimum atomic E-state index is 0.659. The summed E-state index contributed by atoms with van der Waals surface area (Å²) in [6.07, 6.45) is 2.03. The van der Waals surface area contributed by atoms with Gasteiger partial charge in [-0.25, -0.2) is 0 Å².